The molecule has 0 aliphatic carbocycles. The lowest BCUT2D eigenvalue weighted by Crippen LogP contribution is -2.50. The summed E-state index contributed by atoms with van der Waals surface area (Å²) in [5, 5.41) is 11.3. The Kier molecular flexibility index (Phi) is 6.78. The van der Waals surface area contributed by atoms with E-state index >= 15 is 0 Å². The highest BCUT2D eigenvalue weighted by molar-refractivity contribution is 5.86. The summed E-state index contributed by atoms with van der Waals surface area (Å²) in [6.07, 6.45) is 5.50. The molecule has 2 rings (SSSR count). The molecule has 0 spiro atoms. The first-order valence-electron chi connectivity index (χ1n) is 9.67. The minimum Gasteiger partial charge on any atom is -0.345 e. The first kappa shape index (κ1) is 20.4. The highest BCUT2D eigenvalue weighted by Crippen LogP contribution is 2.22. The Bertz CT molecular complexity index is 612. The van der Waals surface area contributed by atoms with Gasteiger partial charge in [-0.15, -0.1) is 5.10 Å². The zero-order valence-corrected chi connectivity index (χ0v) is 16.8. The van der Waals surface area contributed by atoms with Crippen molar-refractivity contribution in [3.63, 3.8) is 0 Å². The van der Waals surface area contributed by atoms with E-state index in [9.17, 15) is 9.59 Å². The van der Waals surface area contributed by atoms with E-state index in [0.29, 0.717) is 12.3 Å². The summed E-state index contributed by atoms with van der Waals surface area (Å²) in [6, 6.07) is -0.390. The van der Waals surface area contributed by atoms with Crippen molar-refractivity contribution in [3.8, 4) is 0 Å². The monoisotopic (exact) mass is 363 g/mol. The Labute approximate surface area is 156 Å². The van der Waals surface area contributed by atoms with Gasteiger partial charge in [-0.1, -0.05) is 39.3 Å². The van der Waals surface area contributed by atoms with Crippen LogP contribution in [0, 0.1) is 5.92 Å². The summed E-state index contributed by atoms with van der Waals surface area (Å²) in [6.45, 7) is 12.2. The van der Waals surface area contributed by atoms with Gasteiger partial charge in [-0.05, 0) is 25.2 Å². The molecule has 7 nitrogen and oxygen atoms in total. The molecule has 1 aliphatic rings. The second kappa shape index (κ2) is 8.64. The molecule has 1 aromatic heterocycles. The molecule has 1 aromatic rings. The van der Waals surface area contributed by atoms with E-state index in [1.54, 1.807) is 0 Å². The molecule has 0 radical (unpaired) electrons. The van der Waals surface area contributed by atoms with Crippen molar-refractivity contribution >= 4 is 11.8 Å². The number of carbonyl (C=O) groups is 2. The molecule has 7 heteroatoms. The first-order chi connectivity index (χ1) is 12.2. The van der Waals surface area contributed by atoms with Gasteiger partial charge in [0.2, 0.25) is 11.8 Å². The molecule has 0 saturated carbocycles. The number of hydrogen-bond donors (Lipinski definition) is 1. The molecule has 146 valence electrons. The van der Waals surface area contributed by atoms with Gasteiger partial charge in [-0.3, -0.25) is 14.3 Å². The zero-order chi connectivity index (χ0) is 19.3. The Morgan fingerprint density at radius 3 is 2.46 bits per heavy atom. The summed E-state index contributed by atoms with van der Waals surface area (Å²) in [4.78, 5) is 25.9. The molecule has 1 aliphatic heterocycles. The number of amides is 2. The molecule has 2 heterocycles. The largest absolute Gasteiger partial charge is 0.345 e. The van der Waals surface area contributed by atoms with Crippen LogP contribution in [0.2, 0.25) is 0 Å². The summed E-state index contributed by atoms with van der Waals surface area (Å²) in [7, 11) is 0. The van der Waals surface area contributed by atoms with Crippen molar-refractivity contribution in [3.05, 3.63) is 11.9 Å². The number of hydrogen-bond acceptors (Lipinski definition) is 4. The van der Waals surface area contributed by atoms with E-state index in [-0.39, 0.29) is 17.2 Å². The Balaban J connectivity index is 1.87. The lowest BCUT2D eigenvalue weighted by molar-refractivity contribution is -0.137. The highest BCUT2D eigenvalue weighted by atomic mass is 16.2. The second-order valence-corrected chi connectivity index (χ2v) is 8.39. The molecule has 1 unspecified atom stereocenters. The van der Waals surface area contributed by atoms with E-state index in [2.05, 4.69) is 36.4 Å². The van der Waals surface area contributed by atoms with Gasteiger partial charge in [-0.25, -0.2) is 0 Å². The van der Waals surface area contributed by atoms with E-state index in [4.69, 9.17) is 0 Å². The number of likely N-dealkylation sites (tertiary alicyclic amines) is 1. The standard InChI is InChI=1S/C19H33N5O2/c1-6-7-16(20-14(2)25)18(26)23-10-8-15(9-11-23)12-24-13-17(21-22-24)19(3,4)5/h13,15-16H,6-12H2,1-5H3,(H,20,25). The summed E-state index contributed by atoms with van der Waals surface area (Å²) >= 11 is 0. The van der Waals surface area contributed by atoms with E-state index < -0.39 is 6.04 Å². The Morgan fingerprint density at radius 2 is 1.96 bits per heavy atom. The van der Waals surface area contributed by atoms with Crippen LogP contribution in [0.3, 0.4) is 0 Å². The van der Waals surface area contributed by atoms with Crippen molar-refractivity contribution in [1.29, 1.82) is 0 Å². The fourth-order valence-electron chi connectivity index (χ4n) is 3.34. The smallest absolute Gasteiger partial charge is 0.245 e. The summed E-state index contributed by atoms with van der Waals surface area (Å²) in [5.74, 6) is 0.405. The number of aromatic nitrogens is 3. The molecule has 0 aromatic carbocycles. The topological polar surface area (TPSA) is 80.1 Å². The molecular formula is C19H33N5O2. The third kappa shape index (κ3) is 5.54. The summed E-state index contributed by atoms with van der Waals surface area (Å²) in [5.41, 5.74) is 1.01. The Hall–Kier alpha value is -1.92. The number of rotatable bonds is 6. The predicted molar refractivity (Wildman–Crippen MR) is 101 cm³/mol. The van der Waals surface area contributed by atoms with Gasteiger partial charge in [0.25, 0.3) is 0 Å². The number of nitrogens with zero attached hydrogens (tertiary/aromatic N) is 4. The number of carbonyl (C=O) groups excluding carboxylic acids is 2. The maximum Gasteiger partial charge on any atom is 0.245 e. The lowest BCUT2D eigenvalue weighted by Gasteiger charge is -2.34. The maximum absolute atomic E-state index is 12.7. The van der Waals surface area contributed by atoms with Gasteiger partial charge in [0.15, 0.2) is 0 Å². The van der Waals surface area contributed by atoms with Crippen molar-refractivity contribution < 1.29 is 9.59 Å². The third-order valence-corrected chi connectivity index (χ3v) is 4.93. The van der Waals surface area contributed by atoms with Crippen molar-refractivity contribution in [2.45, 2.75) is 78.3 Å². The van der Waals surface area contributed by atoms with Gasteiger partial charge in [0, 0.05) is 38.2 Å². The molecule has 1 N–H and O–H groups in total. The summed E-state index contributed by atoms with van der Waals surface area (Å²) < 4.78 is 1.93. The average molecular weight is 364 g/mol. The number of nitrogens with one attached hydrogen (secondary N) is 1. The molecule has 1 saturated heterocycles. The molecule has 1 atom stereocenters. The minimum atomic E-state index is -0.390. The van der Waals surface area contributed by atoms with Crippen molar-refractivity contribution in [2.24, 2.45) is 5.92 Å². The van der Waals surface area contributed by atoms with Crippen LogP contribution >= 0.6 is 0 Å². The van der Waals surface area contributed by atoms with Crippen LogP contribution in [0.25, 0.3) is 0 Å². The lowest BCUT2D eigenvalue weighted by atomic mass is 9.93. The average Bonchev–Trinajstić information content (AvgIpc) is 3.03. The minimum absolute atomic E-state index is 0.00599. The van der Waals surface area contributed by atoms with E-state index in [0.717, 1.165) is 44.6 Å². The fraction of sp³-hybridized carbons (Fsp3) is 0.789. The maximum atomic E-state index is 12.7. The fourth-order valence-corrected chi connectivity index (χ4v) is 3.34. The van der Waals surface area contributed by atoms with E-state index in [1.165, 1.54) is 6.92 Å². The van der Waals surface area contributed by atoms with Gasteiger partial charge in [0.05, 0.1) is 5.69 Å². The third-order valence-electron chi connectivity index (χ3n) is 4.93. The molecule has 2 amide bonds. The molecule has 1 fully saturated rings. The van der Waals surface area contributed by atoms with Crippen molar-refractivity contribution in [1.82, 2.24) is 25.2 Å². The highest BCUT2D eigenvalue weighted by Gasteiger charge is 2.28. The van der Waals surface area contributed by atoms with Gasteiger partial charge in [-0.2, -0.15) is 0 Å². The van der Waals surface area contributed by atoms with Crippen LogP contribution in [0.1, 0.15) is 66.0 Å². The molecular weight excluding hydrogens is 330 g/mol. The molecule has 26 heavy (non-hydrogen) atoms. The zero-order valence-electron chi connectivity index (χ0n) is 16.8. The van der Waals surface area contributed by atoms with Gasteiger partial charge >= 0.3 is 0 Å². The number of piperidine rings is 1. The van der Waals surface area contributed by atoms with Crippen LogP contribution < -0.4 is 5.32 Å². The molecule has 0 bridgehead atoms. The first-order valence-corrected chi connectivity index (χ1v) is 9.67. The van der Waals surface area contributed by atoms with Crippen molar-refractivity contribution in [2.75, 3.05) is 13.1 Å². The normalized spacial score (nSPS) is 17.2. The van der Waals surface area contributed by atoms with Gasteiger partial charge < -0.3 is 10.2 Å². The predicted octanol–water partition coefficient (Wildman–Crippen LogP) is 2.12. The second-order valence-electron chi connectivity index (χ2n) is 8.39. The SMILES string of the molecule is CCCC(NC(C)=O)C(=O)N1CCC(Cn2cc(C(C)(C)C)nn2)CC1. The quantitative estimate of drug-likeness (QED) is 0.839. The van der Waals surface area contributed by atoms with E-state index in [1.807, 2.05) is 22.7 Å². The van der Waals surface area contributed by atoms with Crippen LogP contribution in [0.4, 0.5) is 0 Å². The Morgan fingerprint density at radius 1 is 1.31 bits per heavy atom. The van der Waals surface area contributed by atoms with Gasteiger partial charge in [0.1, 0.15) is 6.04 Å². The van der Waals surface area contributed by atoms with Crippen LogP contribution in [-0.2, 0) is 21.5 Å². The van der Waals surface area contributed by atoms with Crippen LogP contribution in [0.15, 0.2) is 6.20 Å². The van der Waals surface area contributed by atoms with Crippen LogP contribution in [-0.4, -0.2) is 50.8 Å². The van der Waals surface area contributed by atoms with Crippen LogP contribution in [0.5, 0.6) is 0 Å².